The second-order valence-corrected chi connectivity index (χ2v) is 7.07. The minimum absolute atomic E-state index is 0.563. The predicted octanol–water partition coefficient (Wildman–Crippen LogP) is 3.65. The Balaban J connectivity index is 1.52. The number of nitrogens with one attached hydrogen (secondary N) is 1. The lowest BCUT2D eigenvalue weighted by atomic mass is 9.94. The molecule has 5 heteroatoms. The maximum absolute atomic E-state index is 4.88. The van der Waals surface area contributed by atoms with Crippen LogP contribution in [0.1, 0.15) is 24.5 Å². The number of pyridine rings is 2. The molecule has 0 bridgehead atoms. The highest BCUT2D eigenvalue weighted by Crippen LogP contribution is 2.27. The first-order valence-electron chi connectivity index (χ1n) is 9.18. The van der Waals surface area contributed by atoms with Gasteiger partial charge in [0.1, 0.15) is 0 Å². The summed E-state index contributed by atoms with van der Waals surface area (Å²) in [5, 5.41) is 8.98. The second-order valence-electron chi connectivity index (χ2n) is 7.07. The molecule has 1 N–H and O–H groups in total. The van der Waals surface area contributed by atoms with Gasteiger partial charge in [0.05, 0.1) is 22.2 Å². The molecule has 0 radical (unpaired) electrons. The summed E-state index contributed by atoms with van der Waals surface area (Å²) >= 11 is 0. The number of piperidine rings is 1. The van der Waals surface area contributed by atoms with Crippen molar-refractivity contribution in [3.05, 3.63) is 54.4 Å². The maximum atomic E-state index is 4.88. The fourth-order valence-corrected chi connectivity index (χ4v) is 3.84. The SMILES string of the molecule is Cn1cc2cc(-c3ccc4nc(C5CCNCC5)ccc4n3)ccc2n1. The van der Waals surface area contributed by atoms with Crippen molar-refractivity contribution < 1.29 is 0 Å². The van der Waals surface area contributed by atoms with Gasteiger partial charge in [-0.15, -0.1) is 0 Å². The fourth-order valence-electron chi connectivity index (χ4n) is 3.84. The van der Waals surface area contributed by atoms with Gasteiger partial charge in [-0.25, -0.2) is 4.98 Å². The van der Waals surface area contributed by atoms with E-state index >= 15 is 0 Å². The zero-order chi connectivity index (χ0) is 17.5. The van der Waals surface area contributed by atoms with Crippen LogP contribution in [-0.2, 0) is 7.05 Å². The lowest BCUT2D eigenvalue weighted by Gasteiger charge is -2.22. The van der Waals surface area contributed by atoms with Gasteiger partial charge in [0.25, 0.3) is 0 Å². The third kappa shape index (κ3) is 2.74. The molecule has 5 rings (SSSR count). The highest BCUT2D eigenvalue weighted by atomic mass is 15.2. The van der Waals surface area contributed by atoms with Gasteiger partial charge in [-0.3, -0.25) is 9.67 Å². The number of nitrogens with zero attached hydrogens (tertiary/aromatic N) is 4. The highest BCUT2D eigenvalue weighted by molar-refractivity contribution is 5.85. The number of aromatic nitrogens is 4. The molecule has 0 atom stereocenters. The van der Waals surface area contributed by atoms with Crippen LogP contribution in [-0.4, -0.2) is 32.8 Å². The molecule has 1 aliphatic heterocycles. The van der Waals surface area contributed by atoms with E-state index in [0.717, 1.165) is 59.1 Å². The molecule has 130 valence electrons. The number of hydrogen-bond acceptors (Lipinski definition) is 4. The van der Waals surface area contributed by atoms with E-state index in [2.05, 4.69) is 52.9 Å². The molecule has 1 aliphatic rings. The van der Waals surface area contributed by atoms with Crippen LogP contribution >= 0.6 is 0 Å². The van der Waals surface area contributed by atoms with Crippen molar-refractivity contribution in [1.29, 1.82) is 0 Å². The molecule has 3 aromatic heterocycles. The molecule has 0 saturated carbocycles. The molecule has 26 heavy (non-hydrogen) atoms. The quantitative estimate of drug-likeness (QED) is 0.604. The summed E-state index contributed by atoms with van der Waals surface area (Å²) in [6.45, 7) is 2.16. The first-order chi connectivity index (χ1) is 12.8. The van der Waals surface area contributed by atoms with E-state index in [4.69, 9.17) is 9.97 Å². The van der Waals surface area contributed by atoms with Crippen molar-refractivity contribution in [1.82, 2.24) is 25.1 Å². The van der Waals surface area contributed by atoms with Gasteiger partial charge in [0.15, 0.2) is 0 Å². The first kappa shape index (κ1) is 15.5. The van der Waals surface area contributed by atoms with Gasteiger partial charge in [-0.1, -0.05) is 6.07 Å². The summed E-state index contributed by atoms with van der Waals surface area (Å²) in [6, 6.07) is 14.7. The maximum Gasteiger partial charge on any atom is 0.0923 e. The molecule has 1 aromatic carbocycles. The Bertz CT molecular complexity index is 1090. The molecule has 5 nitrogen and oxygen atoms in total. The minimum Gasteiger partial charge on any atom is -0.317 e. The summed E-state index contributed by atoms with van der Waals surface area (Å²) in [7, 11) is 1.94. The van der Waals surface area contributed by atoms with E-state index in [-0.39, 0.29) is 0 Å². The van der Waals surface area contributed by atoms with E-state index in [1.54, 1.807) is 0 Å². The predicted molar refractivity (Wildman–Crippen MR) is 104 cm³/mol. The normalized spacial score (nSPS) is 15.7. The molecule has 4 aromatic rings. The van der Waals surface area contributed by atoms with Gasteiger partial charge in [-0.2, -0.15) is 5.10 Å². The van der Waals surface area contributed by atoms with Crippen molar-refractivity contribution >= 4 is 21.9 Å². The van der Waals surface area contributed by atoms with Crippen molar-refractivity contribution in [2.45, 2.75) is 18.8 Å². The standard InChI is InChI=1S/C21H21N5/c1-26-13-16-12-15(2-3-19(16)25-26)18-5-7-20-21(24-18)6-4-17(23-20)14-8-10-22-11-9-14/h2-7,12-14,22H,8-11H2,1H3. The van der Waals surface area contributed by atoms with Crippen LogP contribution < -0.4 is 5.32 Å². The first-order valence-corrected chi connectivity index (χ1v) is 9.18. The summed E-state index contributed by atoms with van der Waals surface area (Å²) in [5.41, 5.74) is 6.21. The van der Waals surface area contributed by atoms with E-state index in [1.165, 1.54) is 5.69 Å². The Labute approximate surface area is 152 Å². The summed E-state index contributed by atoms with van der Waals surface area (Å²) in [6.07, 6.45) is 4.36. The average molecular weight is 343 g/mol. The van der Waals surface area contributed by atoms with Crippen LogP contribution in [0.15, 0.2) is 48.7 Å². The van der Waals surface area contributed by atoms with E-state index in [1.807, 2.05) is 17.9 Å². The van der Waals surface area contributed by atoms with Crippen molar-refractivity contribution in [2.24, 2.45) is 7.05 Å². The Morgan fingerprint density at radius 2 is 1.69 bits per heavy atom. The Hall–Kier alpha value is -2.79. The molecular weight excluding hydrogens is 322 g/mol. The smallest absolute Gasteiger partial charge is 0.0923 e. The zero-order valence-corrected chi connectivity index (χ0v) is 14.8. The van der Waals surface area contributed by atoms with E-state index in [0.29, 0.717) is 5.92 Å². The Morgan fingerprint density at radius 1 is 0.923 bits per heavy atom. The van der Waals surface area contributed by atoms with Crippen molar-refractivity contribution in [2.75, 3.05) is 13.1 Å². The molecule has 0 amide bonds. The molecule has 4 heterocycles. The molecule has 0 aliphatic carbocycles. The van der Waals surface area contributed by atoms with E-state index in [9.17, 15) is 0 Å². The van der Waals surface area contributed by atoms with Crippen LogP contribution in [0.5, 0.6) is 0 Å². The third-order valence-corrected chi connectivity index (χ3v) is 5.24. The van der Waals surface area contributed by atoms with Crippen LogP contribution in [0.25, 0.3) is 33.2 Å². The lowest BCUT2D eigenvalue weighted by Crippen LogP contribution is -2.27. The minimum atomic E-state index is 0.563. The highest BCUT2D eigenvalue weighted by Gasteiger charge is 2.17. The Morgan fingerprint density at radius 3 is 2.58 bits per heavy atom. The lowest BCUT2D eigenvalue weighted by molar-refractivity contribution is 0.454. The number of fused-ring (bicyclic) bond motifs is 2. The summed E-state index contributed by atoms with van der Waals surface area (Å²) in [4.78, 5) is 9.73. The third-order valence-electron chi connectivity index (χ3n) is 5.24. The monoisotopic (exact) mass is 343 g/mol. The van der Waals surface area contributed by atoms with Gasteiger partial charge in [0.2, 0.25) is 0 Å². The van der Waals surface area contributed by atoms with Crippen LogP contribution in [0.3, 0.4) is 0 Å². The van der Waals surface area contributed by atoms with Gasteiger partial charge in [0, 0.05) is 35.8 Å². The molecule has 0 unspecified atom stereocenters. The molecular formula is C21H21N5. The summed E-state index contributed by atoms with van der Waals surface area (Å²) in [5.74, 6) is 0.563. The van der Waals surface area contributed by atoms with Gasteiger partial charge >= 0.3 is 0 Å². The van der Waals surface area contributed by atoms with Crippen LogP contribution in [0, 0.1) is 0 Å². The van der Waals surface area contributed by atoms with Crippen molar-refractivity contribution in [3.63, 3.8) is 0 Å². The zero-order valence-electron chi connectivity index (χ0n) is 14.8. The number of aryl methyl sites for hydroxylation is 1. The van der Waals surface area contributed by atoms with Crippen LogP contribution in [0.4, 0.5) is 0 Å². The van der Waals surface area contributed by atoms with Crippen molar-refractivity contribution in [3.8, 4) is 11.3 Å². The van der Waals surface area contributed by atoms with Gasteiger partial charge in [-0.05, 0) is 62.3 Å². The van der Waals surface area contributed by atoms with Crippen LogP contribution in [0.2, 0.25) is 0 Å². The Kier molecular flexibility index (Phi) is 3.68. The van der Waals surface area contributed by atoms with E-state index < -0.39 is 0 Å². The van der Waals surface area contributed by atoms with Gasteiger partial charge < -0.3 is 5.32 Å². The average Bonchev–Trinajstić information content (AvgIpc) is 3.07. The fraction of sp³-hybridized carbons (Fsp3) is 0.286. The molecule has 0 spiro atoms. The molecule has 1 fully saturated rings. The molecule has 1 saturated heterocycles. The number of rotatable bonds is 2. The topological polar surface area (TPSA) is 55.6 Å². The largest absolute Gasteiger partial charge is 0.317 e. The summed E-state index contributed by atoms with van der Waals surface area (Å²) < 4.78 is 1.84. The second kappa shape index (κ2) is 6.18. The number of benzene rings is 1. The number of hydrogen-bond donors (Lipinski definition) is 1.